The second kappa shape index (κ2) is 8.73. The molecule has 0 bridgehead atoms. The van der Waals surface area contributed by atoms with Crippen molar-refractivity contribution in [3.8, 4) is 0 Å². The summed E-state index contributed by atoms with van der Waals surface area (Å²) in [4.78, 5) is 1.89. The summed E-state index contributed by atoms with van der Waals surface area (Å²) in [6, 6.07) is 7.72. The summed E-state index contributed by atoms with van der Waals surface area (Å²) >= 11 is 17.7. The monoisotopic (exact) mass is 422 g/mol. The Labute approximate surface area is 173 Å². The fourth-order valence-corrected chi connectivity index (χ4v) is 3.16. The SMILES string of the molecule is CCn1cc(Cl)c(CN(C)C(=S)Nc2cnn(Cc3cccc(Cl)c3)c2)n1. The summed E-state index contributed by atoms with van der Waals surface area (Å²) in [6.07, 6.45) is 5.46. The van der Waals surface area contributed by atoms with Gasteiger partial charge in [-0.15, -0.1) is 0 Å². The molecule has 27 heavy (non-hydrogen) atoms. The number of nitrogens with zero attached hydrogens (tertiary/aromatic N) is 5. The molecule has 1 aromatic carbocycles. The Hall–Kier alpha value is -2.09. The van der Waals surface area contributed by atoms with Crippen molar-refractivity contribution in [1.29, 1.82) is 0 Å². The van der Waals surface area contributed by atoms with E-state index in [2.05, 4.69) is 15.5 Å². The van der Waals surface area contributed by atoms with E-state index in [1.807, 2.05) is 64.9 Å². The molecule has 0 radical (unpaired) electrons. The number of halogens is 2. The molecule has 6 nitrogen and oxygen atoms in total. The normalized spacial score (nSPS) is 10.8. The smallest absolute Gasteiger partial charge is 0.173 e. The van der Waals surface area contributed by atoms with Gasteiger partial charge in [0.25, 0.3) is 0 Å². The summed E-state index contributed by atoms with van der Waals surface area (Å²) in [6.45, 7) is 3.95. The highest BCUT2D eigenvalue weighted by Gasteiger charge is 2.12. The highest BCUT2D eigenvalue weighted by molar-refractivity contribution is 7.80. The number of benzene rings is 1. The molecule has 0 aliphatic carbocycles. The second-order valence-electron chi connectivity index (χ2n) is 6.12. The molecule has 0 unspecified atom stereocenters. The van der Waals surface area contributed by atoms with Gasteiger partial charge in [0, 0.05) is 31.0 Å². The molecule has 3 aromatic rings. The van der Waals surface area contributed by atoms with E-state index in [0.717, 1.165) is 23.5 Å². The molecule has 9 heteroatoms. The Bertz CT molecular complexity index is 936. The zero-order chi connectivity index (χ0) is 19.4. The van der Waals surface area contributed by atoms with Gasteiger partial charge in [-0.05, 0) is 36.8 Å². The molecule has 2 aromatic heterocycles. The lowest BCUT2D eigenvalue weighted by Crippen LogP contribution is -2.30. The molecule has 0 atom stereocenters. The third kappa shape index (κ3) is 5.22. The van der Waals surface area contributed by atoms with Crippen molar-refractivity contribution in [2.75, 3.05) is 12.4 Å². The molecule has 0 fully saturated rings. The molecule has 142 valence electrons. The maximum atomic E-state index is 6.23. The van der Waals surface area contributed by atoms with Crippen LogP contribution in [0.4, 0.5) is 5.69 Å². The zero-order valence-corrected chi connectivity index (χ0v) is 17.4. The van der Waals surface area contributed by atoms with Crippen LogP contribution in [0.1, 0.15) is 18.2 Å². The first-order valence-electron chi connectivity index (χ1n) is 8.45. The zero-order valence-electron chi connectivity index (χ0n) is 15.1. The van der Waals surface area contributed by atoms with Gasteiger partial charge in [0.15, 0.2) is 5.11 Å². The predicted octanol–water partition coefficient (Wildman–Crippen LogP) is 4.28. The van der Waals surface area contributed by atoms with Crippen molar-refractivity contribution >= 4 is 46.2 Å². The summed E-state index contributed by atoms with van der Waals surface area (Å²) in [7, 11) is 1.90. The van der Waals surface area contributed by atoms with E-state index in [1.54, 1.807) is 6.20 Å². The van der Waals surface area contributed by atoms with Crippen LogP contribution in [0.15, 0.2) is 42.9 Å². The topological polar surface area (TPSA) is 50.9 Å². The summed E-state index contributed by atoms with van der Waals surface area (Å²) < 4.78 is 3.64. The lowest BCUT2D eigenvalue weighted by atomic mass is 10.2. The van der Waals surface area contributed by atoms with Gasteiger partial charge in [0.1, 0.15) is 5.69 Å². The predicted molar refractivity (Wildman–Crippen MR) is 113 cm³/mol. The third-order valence-corrected chi connectivity index (χ3v) is 4.93. The Kier molecular flexibility index (Phi) is 6.36. The molecule has 0 saturated carbocycles. The van der Waals surface area contributed by atoms with Gasteiger partial charge in [-0.1, -0.05) is 35.3 Å². The van der Waals surface area contributed by atoms with Crippen LogP contribution in [0.3, 0.4) is 0 Å². The maximum absolute atomic E-state index is 6.23. The van der Waals surface area contributed by atoms with E-state index >= 15 is 0 Å². The largest absolute Gasteiger partial charge is 0.346 e. The minimum atomic E-state index is 0.522. The quantitative estimate of drug-likeness (QED) is 0.600. The van der Waals surface area contributed by atoms with Crippen LogP contribution >= 0.6 is 35.4 Å². The van der Waals surface area contributed by atoms with Crippen molar-refractivity contribution in [2.24, 2.45) is 0 Å². The van der Waals surface area contributed by atoms with E-state index < -0.39 is 0 Å². The van der Waals surface area contributed by atoms with Gasteiger partial charge in [-0.3, -0.25) is 9.36 Å². The number of aryl methyl sites for hydroxylation is 1. The fourth-order valence-electron chi connectivity index (χ4n) is 2.56. The third-order valence-electron chi connectivity index (χ3n) is 3.96. The summed E-state index contributed by atoms with van der Waals surface area (Å²) in [5.74, 6) is 0. The number of hydrogen-bond acceptors (Lipinski definition) is 3. The lowest BCUT2D eigenvalue weighted by Gasteiger charge is -2.19. The Morgan fingerprint density at radius 3 is 2.78 bits per heavy atom. The second-order valence-corrected chi connectivity index (χ2v) is 7.35. The van der Waals surface area contributed by atoms with Gasteiger partial charge in [-0.2, -0.15) is 10.2 Å². The Morgan fingerprint density at radius 1 is 1.26 bits per heavy atom. The van der Waals surface area contributed by atoms with Crippen LogP contribution in [0.5, 0.6) is 0 Å². The standard InChI is InChI=1S/C18H20Cl2N6S/c1-3-25-11-16(20)17(23-25)12-24(2)18(27)22-15-8-21-26(10-15)9-13-5-4-6-14(19)7-13/h4-8,10-11H,3,9,12H2,1-2H3,(H,22,27). The highest BCUT2D eigenvalue weighted by atomic mass is 35.5. The van der Waals surface area contributed by atoms with Crippen molar-refractivity contribution < 1.29 is 0 Å². The van der Waals surface area contributed by atoms with Crippen LogP contribution in [-0.2, 0) is 19.6 Å². The molecular weight excluding hydrogens is 403 g/mol. The average molecular weight is 423 g/mol. The van der Waals surface area contributed by atoms with Gasteiger partial charge < -0.3 is 10.2 Å². The van der Waals surface area contributed by atoms with E-state index in [1.165, 1.54) is 0 Å². The molecule has 0 aliphatic heterocycles. The first kappa shape index (κ1) is 19.7. The van der Waals surface area contributed by atoms with E-state index in [4.69, 9.17) is 35.4 Å². The molecular formula is C18H20Cl2N6S. The molecule has 0 saturated heterocycles. The molecule has 3 rings (SSSR count). The van der Waals surface area contributed by atoms with E-state index in [-0.39, 0.29) is 0 Å². The first-order chi connectivity index (χ1) is 12.9. The number of thiocarbonyl (C=S) groups is 1. The van der Waals surface area contributed by atoms with Crippen LogP contribution in [-0.4, -0.2) is 36.6 Å². The maximum Gasteiger partial charge on any atom is 0.173 e. The lowest BCUT2D eigenvalue weighted by molar-refractivity contribution is 0.492. The van der Waals surface area contributed by atoms with Crippen molar-refractivity contribution in [1.82, 2.24) is 24.5 Å². The fraction of sp³-hybridized carbons (Fsp3) is 0.278. The number of rotatable bonds is 6. The summed E-state index contributed by atoms with van der Waals surface area (Å²) in [5.41, 5.74) is 2.69. The van der Waals surface area contributed by atoms with Crippen molar-refractivity contribution in [3.63, 3.8) is 0 Å². The van der Waals surface area contributed by atoms with Crippen molar-refractivity contribution in [3.05, 3.63) is 64.2 Å². The van der Waals surface area contributed by atoms with Crippen LogP contribution in [0, 0.1) is 0 Å². The van der Waals surface area contributed by atoms with Gasteiger partial charge >= 0.3 is 0 Å². The van der Waals surface area contributed by atoms with Crippen molar-refractivity contribution in [2.45, 2.75) is 26.6 Å². The molecule has 0 spiro atoms. The average Bonchev–Trinajstić information content (AvgIpc) is 3.21. The van der Waals surface area contributed by atoms with Crippen LogP contribution in [0.25, 0.3) is 0 Å². The number of nitrogens with one attached hydrogen (secondary N) is 1. The summed E-state index contributed by atoms with van der Waals surface area (Å²) in [5, 5.41) is 13.9. The highest BCUT2D eigenvalue weighted by Crippen LogP contribution is 2.17. The number of aromatic nitrogens is 4. The first-order valence-corrected chi connectivity index (χ1v) is 9.62. The Balaban J connectivity index is 1.59. The molecule has 2 heterocycles. The number of hydrogen-bond donors (Lipinski definition) is 1. The van der Waals surface area contributed by atoms with Crippen LogP contribution in [0.2, 0.25) is 10.0 Å². The minimum Gasteiger partial charge on any atom is -0.346 e. The van der Waals surface area contributed by atoms with Gasteiger partial charge in [-0.25, -0.2) is 0 Å². The van der Waals surface area contributed by atoms with Gasteiger partial charge in [0.2, 0.25) is 0 Å². The molecule has 1 N–H and O–H groups in total. The molecule has 0 aliphatic rings. The Morgan fingerprint density at radius 2 is 2.07 bits per heavy atom. The molecule has 0 amide bonds. The van der Waals surface area contributed by atoms with Gasteiger partial charge in [0.05, 0.1) is 30.0 Å². The van der Waals surface area contributed by atoms with E-state index in [9.17, 15) is 0 Å². The number of anilines is 1. The van der Waals surface area contributed by atoms with Crippen LogP contribution < -0.4 is 5.32 Å². The van der Waals surface area contributed by atoms with E-state index in [0.29, 0.717) is 28.2 Å². The minimum absolute atomic E-state index is 0.522.